The molecule has 0 unspecified atom stereocenters. The van der Waals surface area contributed by atoms with Crippen molar-refractivity contribution in [3.8, 4) is 45.3 Å². The molecule has 1 aliphatic carbocycles. The number of pyridine rings is 2. The number of rotatable bonds is 1. The summed E-state index contributed by atoms with van der Waals surface area (Å²) in [6, 6.07) is 27.4. The maximum absolute atomic E-state index is 6.26. The minimum atomic E-state index is -0.0953. The van der Waals surface area contributed by atoms with Gasteiger partial charge in [-0.25, -0.2) is 4.98 Å². The molecule has 0 bridgehead atoms. The van der Waals surface area contributed by atoms with Crippen molar-refractivity contribution in [2.24, 2.45) is 0 Å². The van der Waals surface area contributed by atoms with Gasteiger partial charge in [-0.3, -0.25) is 4.98 Å². The summed E-state index contributed by atoms with van der Waals surface area (Å²) >= 11 is 0. The molecule has 3 heterocycles. The minimum absolute atomic E-state index is 0.0953. The molecule has 1 aliphatic heterocycles. The fraction of sp³-hybridized carbons (Fsp3) is 0.103. The van der Waals surface area contributed by atoms with Gasteiger partial charge in [-0.15, -0.1) is 0 Å². The van der Waals surface area contributed by atoms with Crippen LogP contribution in [-0.4, -0.2) is 9.97 Å². The van der Waals surface area contributed by atoms with E-state index in [-0.39, 0.29) is 5.41 Å². The molecule has 5 aromatic rings. The summed E-state index contributed by atoms with van der Waals surface area (Å²) in [6.45, 7) is 4.50. The first-order valence-electron chi connectivity index (χ1n) is 10.9. The number of benzene rings is 3. The van der Waals surface area contributed by atoms with E-state index >= 15 is 0 Å². The molecular weight excluding hydrogens is 392 g/mol. The summed E-state index contributed by atoms with van der Waals surface area (Å²) in [6.07, 6.45) is 1.86. The van der Waals surface area contributed by atoms with Crippen molar-refractivity contribution in [2.75, 3.05) is 0 Å². The lowest BCUT2D eigenvalue weighted by molar-refractivity contribution is 0.487. The van der Waals surface area contributed by atoms with Gasteiger partial charge in [-0.2, -0.15) is 0 Å². The number of hydrogen-bond acceptors (Lipinski definition) is 3. The first-order chi connectivity index (χ1) is 15.6. The maximum atomic E-state index is 6.26. The van der Waals surface area contributed by atoms with Crippen molar-refractivity contribution < 1.29 is 4.74 Å². The Morgan fingerprint density at radius 2 is 1.50 bits per heavy atom. The normalized spacial score (nSPS) is 14.4. The van der Waals surface area contributed by atoms with Crippen molar-refractivity contribution >= 4 is 10.8 Å². The molecule has 3 aromatic carbocycles. The molecule has 0 saturated heterocycles. The van der Waals surface area contributed by atoms with Crippen LogP contribution in [0.1, 0.15) is 25.0 Å². The number of hydrogen-bond donors (Lipinski definition) is 0. The predicted molar refractivity (Wildman–Crippen MR) is 128 cm³/mol. The van der Waals surface area contributed by atoms with Crippen molar-refractivity contribution in [1.29, 1.82) is 0 Å². The van der Waals surface area contributed by atoms with Crippen LogP contribution in [0.3, 0.4) is 0 Å². The molecule has 0 spiro atoms. The van der Waals surface area contributed by atoms with Crippen LogP contribution in [0.15, 0.2) is 85.1 Å². The van der Waals surface area contributed by atoms with Gasteiger partial charge in [0.15, 0.2) is 0 Å². The van der Waals surface area contributed by atoms with Crippen LogP contribution in [0.5, 0.6) is 11.5 Å². The molecule has 3 nitrogen and oxygen atoms in total. The van der Waals surface area contributed by atoms with Crippen molar-refractivity contribution in [2.45, 2.75) is 19.3 Å². The Kier molecular flexibility index (Phi) is 3.34. The predicted octanol–water partition coefficient (Wildman–Crippen LogP) is 7.38. The molecule has 152 valence electrons. The van der Waals surface area contributed by atoms with Crippen molar-refractivity contribution in [3.05, 3.63) is 96.2 Å². The zero-order valence-electron chi connectivity index (χ0n) is 17.9. The van der Waals surface area contributed by atoms with Crippen LogP contribution in [0, 0.1) is 0 Å². The highest BCUT2D eigenvalue weighted by molar-refractivity contribution is 6.09. The molecule has 32 heavy (non-hydrogen) atoms. The lowest BCUT2D eigenvalue weighted by Crippen LogP contribution is -2.15. The van der Waals surface area contributed by atoms with Gasteiger partial charge in [0, 0.05) is 28.1 Å². The van der Waals surface area contributed by atoms with Gasteiger partial charge in [0.05, 0.1) is 17.1 Å². The van der Waals surface area contributed by atoms with Gasteiger partial charge in [0.25, 0.3) is 0 Å². The van der Waals surface area contributed by atoms with Gasteiger partial charge < -0.3 is 4.74 Å². The number of fused-ring (bicyclic) bond motifs is 5. The van der Waals surface area contributed by atoms with Crippen LogP contribution >= 0.6 is 0 Å². The van der Waals surface area contributed by atoms with E-state index in [0.717, 1.165) is 50.5 Å². The van der Waals surface area contributed by atoms with Crippen LogP contribution < -0.4 is 4.74 Å². The fourth-order valence-electron chi connectivity index (χ4n) is 5.34. The van der Waals surface area contributed by atoms with E-state index in [4.69, 9.17) is 9.72 Å². The fourth-order valence-corrected chi connectivity index (χ4v) is 5.34. The lowest BCUT2D eigenvalue weighted by atomic mass is 9.83. The third-order valence-corrected chi connectivity index (χ3v) is 6.95. The Morgan fingerprint density at radius 3 is 2.44 bits per heavy atom. The number of para-hydroxylation sites is 1. The number of aromatic nitrogens is 2. The van der Waals surface area contributed by atoms with E-state index in [9.17, 15) is 0 Å². The monoisotopic (exact) mass is 412 g/mol. The Hall–Kier alpha value is -3.98. The van der Waals surface area contributed by atoms with Gasteiger partial charge in [0.1, 0.15) is 11.5 Å². The molecule has 0 amide bonds. The highest BCUT2D eigenvalue weighted by Gasteiger charge is 2.37. The zero-order valence-corrected chi connectivity index (χ0v) is 17.9. The Balaban J connectivity index is 1.48. The van der Waals surface area contributed by atoms with Gasteiger partial charge in [-0.05, 0) is 52.4 Å². The third kappa shape index (κ3) is 2.20. The SMILES string of the molecule is CC1(C)c2cccnc2-c2nc(-c3ccc4c5c(cccc35)-c3ccccc3O4)ccc21. The Morgan fingerprint density at radius 1 is 0.656 bits per heavy atom. The molecular formula is C29H20N2O. The third-order valence-electron chi connectivity index (χ3n) is 6.95. The zero-order chi connectivity index (χ0) is 21.4. The highest BCUT2D eigenvalue weighted by Crippen LogP contribution is 2.50. The van der Waals surface area contributed by atoms with Crippen LogP contribution in [0.4, 0.5) is 0 Å². The Bertz CT molecular complexity index is 1580. The van der Waals surface area contributed by atoms with Crippen molar-refractivity contribution in [3.63, 3.8) is 0 Å². The molecule has 3 heteroatoms. The van der Waals surface area contributed by atoms with Gasteiger partial charge >= 0.3 is 0 Å². The van der Waals surface area contributed by atoms with Gasteiger partial charge in [0.2, 0.25) is 0 Å². The van der Waals surface area contributed by atoms with E-state index in [0.29, 0.717) is 0 Å². The second-order valence-electron chi connectivity index (χ2n) is 9.05. The standard InChI is InChI=1S/C29H20N2O/c1-29(2)21-10-6-16-30-27(21)28-22(29)13-14-23(31-28)17-12-15-25-26-19(17)8-5-9-20(26)18-7-3-4-11-24(18)32-25/h3-16H,1-2H3. The summed E-state index contributed by atoms with van der Waals surface area (Å²) in [5.41, 5.74) is 8.76. The van der Waals surface area contributed by atoms with E-state index < -0.39 is 0 Å². The molecule has 0 saturated carbocycles. The summed E-state index contributed by atoms with van der Waals surface area (Å²) in [4.78, 5) is 9.84. The quantitative estimate of drug-likeness (QED) is 0.283. The topological polar surface area (TPSA) is 35.0 Å². The average Bonchev–Trinajstić information content (AvgIpc) is 3.06. The highest BCUT2D eigenvalue weighted by atomic mass is 16.5. The summed E-state index contributed by atoms with van der Waals surface area (Å²) in [5.74, 6) is 1.80. The second kappa shape index (κ2) is 6.04. The van der Waals surface area contributed by atoms with E-state index in [2.05, 4.69) is 79.5 Å². The van der Waals surface area contributed by atoms with E-state index in [1.807, 2.05) is 24.4 Å². The van der Waals surface area contributed by atoms with Crippen LogP contribution in [-0.2, 0) is 5.41 Å². The Labute approximate surface area is 186 Å². The van der Waals surface area contributed by atoms with Crippen LogP contribution in [0.25, 0.3) is 44.5 Å². The summed E-state index contributed by atoms with van der Waals surface area (Å²) in [5, 5.41) is 2.30. The molecule has 0 N–H and O–H groups in total. The molecule has 2 aliphatic rings. The molecule has 0 fully saturated rings. The van der Waals surface area contributed by atoms with Crippen LogP contribution in [0.2, 0.25) is 0 Å². The van der Waals surface area contributed by atoms with E-state index in [1.54, 1.807) is 0 Å². The molecule has 0 radical (unpaired) electrons. The first kappa shape index (κ1) is 17.7. The van der Waals surface area contributed by atoms with Gasteiger partial charge in [-0.1, -0.05) is 62.4 Å². The largest absolute Gasteiger partial charge is 0.456 e. The molecule has 2 aromatic heterocycles. The second-order valence-corrected chi connectivity index (χ2v) is 9.05. The molecule has 7 rings (SSSR count). The van der Waals surface area contributed by atoms with Crippen molar-refractivity contribution in [1.82, 2.24) is 9.97 Å². The summed E-state index contributed by atoms with van der Waals surface area (Å²) < 4.78 is 6.26. The maximum Gasteiger partial charge on any atom is 0.135 e. The lowest BCUT2D eigenvalue weighted by Gasteiger charge is -2.22. The summed E-state index contributed by atoms with van der Waals surface area (Å²) in [7, 11) is 0. The molecule has 0 atom stereocenters. The minimum Gasteiger partial charge on any atom is -0.456 e. The number of nitrogens with zero attached hydrogens (tertiary/aromatic N) is 2. The first-order valence-corrected chi connectivity index (χ1v) is 10.9. The van der Waals surface area contributed by atoms with E-state index in [1.165, 1.54) is 16.7 Å². The smallest absolute Gasteiger partial charge is 0.135 e. The average molecular weight is 412 g/mol. The number of ether oxygens (including phenoxy) is 1.